The van der Waals surface area contributed by atoms with Crippen molar-refractivity contribution in [3.05, 3.63) is 48.9 Å². The fourth-order valence-corrected chi connectivity index (χ4v) is 3.63. The molecule has 0 amide bonds. The molecule has 1 aromatic carbocycles. The zero-order valence-electron chi connectivity index (χ0n) is 18.8. The Hall–Kier alpha value is -3.85. The minimum atomic E-state index is 0.405. The number of benzene rings is 1. The molecule has 0 aliphatic rings. The second-order valence-electron chi connectivity index (χ2n) is 7.87. The van der Waals surface area contributed by atoms with E-state index in [-0.39, 0.29) is 0 Å². The largest absolute Gasteiger partial charge is 0.494 e. The summed E-state index contributed by atoms with van der Waals surface area (Å²) in [6.45, 7) is 1.66. The molecule has 4 aromatic rings. The number of pyridine rings is 1. The van der Waals surface area contributed by atoms with Gasteiger partial charge in [0.25, 0.3) is 0 Å². The number of nitrogen functional groups attached to an aromatic ring is 2. The molecule has 0 fully saturated rings. The van der Waals surface area contributed by atoms with Crippen molar-refractivity contribution in [2.24, 2.45) is 0 Å². The smallest absolute Gasteiger partial charge is 0.165 e. The van der Waals surface area contributed by atoms with Crippen molar-refractivity contribution in [1.82, 2.24) is 24.4 Å². The Kier molecular flexibility index (Phi) is 5.83. The first-order chi connectivity index (χ1) is 15.4. The maximum absolute atomic E-state index is 6.62. The highest BCUT2D eigenvalue weighted by Gasteiger charge is 2.21. The third-order valence-corrected chi connectivity index (χ3v) is 5.42. The van der Waals surface area contributed by atoms with Crippen LogP contribution in [0.3, 0.4) is 0 Å². The number of aromatic nitrogens is 4. The maximum atomic E-state index is 6.62. The fourth-order valence-electron chi connectivity index (χ4n) is 3.63. The van der Waals surface area contributed by atoms with E-state index in [9.17, 15) is 0 Å². The van der Waals surface area contributed by atoms with E-state index in [0.717, 1.165) is 29.8 Å². The Bertz CT molecular complexity index is 1250. The lowest BCUT2D eigenvalue weighted by atomic mass is 10.1. The molecule has 0 aliphatic carbocycles. The third kappa shape index (κ3) is 3.90. The fraction of sp³-hybridized carbons (Fsp3) is 0.261. The number of fused-ring (bicyclic) bond motifs is 1. The van der Waals surface area contributed by atoms with Crippen LogP contribution in [0.5, 0.6) is 5.75 Å². The number of ether oxygens (including phenoxy) is 1. The Morgan fingerprint density at radius 1 is 1.00 bits per heavy atom. The van der Waals surface area contributed by atoms with E-state index >= 15 is 0 Å². The molecule has 4 N–H and O–H groups in total. The van der Waals surface area contributed by atoms with Crippen molar-refractivity contribution >= 4 is 28.1 Å². The van der Waals surface area contributed by atoms with Crippen molar-refractivity contribution in [3.8, 4) is 23.0 Å². The number of nitrogens with two attached hydrogens (primary N) is 2. The zero-order chi connectivity index (χ0) is 22.8. The monoisotopic (exact) mass is 432 g/mol. The summed E-state index contributed by atoms with van der Waals surface area (Å²) in [5.41, 5.74) is 16.2. The summed E-state index contributed by atoms with van der Waals surface area (Å²) in [6.07, 6.45) is 5.39. The lowest BCUT2D eigenvalue weighted by molar-refractivity contribution is 0.414. The van der Waals surface area contributed by atoms with Crippen molar-refractivity contribution in [3.63, 3.8) is 0 Å². The van der Waals surface area contributed by atoms with Gasteiger partial charge in [0.1, 0.15) is 17.2 Å². The van der Waals surface area contributed by atoms with Gasteiger partial charge in [-0.3, -0.25) is 4.57 Å². The average molecular weight is 433 g/mol. The molecule has 9 heteroatoms. The van der Waals surface area contributed by atoms with Gasteiger partial charge >= 0.3 is 0 Å². The van der Waals surface area contributed by atoms with Gasteiger partial charge < -0.3 is 26.0 Å². The van der Waals surface area contributed by atoms with Crippen LogP contribution in [0.25, 0.3) is 28.2 Å². The van der Waals surface area contributed by atoms with E-state index in [1.165, 1.54) is 0 Å². The first-order valence-electron chi connectivity index (χ1n) is 10.3. The zero-order valence-corrected chi connectivity index (χ0v) is 18.8. The molecule has 4 rings (SSSR count). The quantitative estimate of drug-likeness (QED) is 0.429. The SMILES string of the molecule is COc1cc(N(C)CCN(C)C)c(N)c(-c2nccc(-n3ccc4cccnc43)n2)c1N. The number of anilines is 3. The summed E-state index contributed by atoms with van der Waals surface area (Å²) in [4.78, 5) is 17.9. The third-order valence-electron chi connectivity index (χ3n) is 5.42. The minimum absolute atomic E-state index is 0.405. The van der Waals surface area contributed by atoms with Crippen LogP contribution in [0.2, 0.25) is 0 Å². The standard InChI is InChI=1S/C23H28N8O/c1-29(2)12-13-30(3)16-14-17(32-4)21(25)19(20(16)24)22-26-10-7-18(28-22)31-11-8-15-6-5-9-27-23(15)31/h5-11,14H,12-13,24-25H2,1-4H3. The lowest BCUT2D eigenvalue weighted by Gasteiger charge is -2.25. The Balaban J connectivity index is 1.83. The second kappa shape index (κ2) is 8.72. The molecule has 0 aliphatic heterocycles. The first kappa shape index (κ1) is 21.4. The van der Waals surface area contributed by atoms with Crippen LogP contribution in [-0.4, -0.2) is 65.8 Å². The van der Waals surface area contributed by atoms with Crippen LogP contribution in [0.15, 0.2) is 48.9 Å². The molecule has 0 bridgehead atoms. The summed E-state index contributed by atoms with van der Waals surface area (Å²) >= 11 is 0. The summed E-state index contributed by atoms with van der Waals surface area (Å²) < 4.78 is 7.46. The van der Waals surface area contributed by atoms with Crippen LogP contribution in [0.1, 0.15) is 0 Å². The highest BCUT2D eigenvalue weighted by Crippen LogP contribution is 2.43. The highest BCUT2D eigenvalue weighted by molar-refractivity contribution is 5.94. The van der Waals surface area contributed by atoms with Gasteiger partial charge in [-0.15, -0.1) is 0 Å². The van der Waals surface area contributed by atoms with Gasteiger partial charge in [0.15, 0.2) is 5.82 Å². The summed E-state index contributed by atoms with van der Waals surface area (Å²) in [7, 11) is 7.64. The molecule has 0 saturated heterocycles. The predicted molar refractivity (Wildman–Crippen MR) is 129 cm³/mol. The molecular formula is C23H28N8O. The molecule has 0 radical (unpaired) electrons. The molecule has 32 heavy (non-hydrogen) atoms. The van der Waals surface area contributed by atoms with Crippen molar-refractivity contribution in [2.45, 2.75) is 0 Å². The maximum Gasteiger partial charge on any atom is 0.165 e. The van der Waals surface area contributed by atoms with Crippen LogP contribution < -0.4 is 21.1 Å². The molecule has 0 unspecified atom stereocenters. The Morgan fingerprint density at radius 3 is 2.56 bits per heavy atom. The number of nitrogens with zero attached hydrogens (tertiary/aromatic N) is 6. The lowest BCUT2D eigenvalue weighted by Crippen LogP contribution is -2.29. The van der Waals surface area contributed by atoms with Gasteiger partial charge in [-0.1, -0.05) is 0 Å². The molecule has 0 spiro atoms. The van der Waals surface area contributed by atoms with Gasteiger partial charge in [0.05, 0.1) is 29.7 Å². The number of likely N-dealkylation sites (N-methyl/N-ethyl adjacent to an activating group) is 2. The van der Waals surface area contributed by atoms with E-state index in [1.54, 1.807) is 19.5 Å². The van der Waals surface area contributed by atoms with Gasteiger partial charge in [0.2, 0.25) is 0 Å². The second-order valence-corrected chi connectivity index (χ2v) is 7.87. The van der Waals surface area contributed by atoms with E-state index in [0.29, 0.717) is 34.3 Å². The van der Waals surface area contributed by atoms with E-state index in [4.69, 9.17) is 21.2 Å². The van der Waals surface area contributed by atoms with E-state index in [1.807, 2.05) is 62.2 Å². The first-order valence-corrected chi connectivity index (χ1v) is 10.3. The summed E-state index contributed by atoms with van der Waals surface area (Å²) in [6, 6.07) is 9.60. The molecule has 3 heterocycles. The van der Waals surface area contributed by atoms with Gasteiger partial charge in [-0.05, 0) is 38.4 Å². The van der Waals surface area contributed by atoms with Crippen LogP contribution in [0, 0.1) is 0 Å². The topological polar surface area (TPSA) is 111 Å². The molecule has 0 saturated carbocycles. The Labute approximate surface area is 187 Å². The molecule has 166 valence electrons. The van der Waals surface area contributed by atoms with E-state index < -0.39 is 0 Å². The van der Waals surface area contributed by atoms with Crippen molar-refractivity contribution in [2.75, 3.05) is 57.7 Å². The summed E-state index contributed by atoms with van der Waals surface area (Å²) in [5, 5.41) is 1.03. The van der Waals surface area contributed by atoms with Gasteiger partial charge in [-0.2, -0.15) is 0 Å². The van der Waals surface area contributed by atoms with Crippen molar-refractivity contribution < 1.29 is 4.74 Å². The van der Waals surface area contributed by atoms with Crippen LogP contribution in [-0.2, 0) is 0 Å². The number of hydrogen-bond donors (Lipinski definition) is 2. The van der Waals surface area contributed by atoms with E-state index in [2.05, 4.69) is 19.8 Å². The van der Waals surface area contributed by atoms with Crippen LogP contribution >= 0.6 is 0 Å². The molecule has 3 aromatic heterocycles. The van der Waals surface area contributed by atoms with Crippen LogP contribution in [0.4, 0.5) is 17.1 Å². The number of hydrogen-bond acceptors (Lipinski definition) is 8. The number of methoxy groups -OCH3 is 1. The molecule has 0 atom stereocenters. The average Bonchev–Trinajstić information content (AvgIpc) is 3.22. The molecule has 9 nitrogen and oxygen atoms in total. The van der Waals surface area contributed by atoms with Crippen molar-refractivity contribution in [1.29, 1.82) is 0 Å². The predicted octanol–water partition coefficient (Wildman–Crippen LogP) is 2.65. The number of rotatable bonds is 7. The summed E-state index contributed by atoms with van der Waals surface area (Å²) in [5.74, 6) is 1.63. The minimum Gasteiger partial charge on any atom is -0.494 e. The highest BCUT2D eigenvalue weighted by atomic mass is 16.5. The van der Waals surface area contributed by atoms with Gasteiger partial charge in [0, 0.05) is 50.2 Å². The Morgan fingerprint density at radius 2 is 1.81 bits per heavy atom. The normalized spacial score (nSPS) is 11.3. The van der Waals surface area contributed by atoms with Gasteiger partial charge in [-0.25, -0.2) is 15.0 Å². The molecular weight excluding hydrogens is 404 g/mol.